The van der Waals surface area contributed by atoms with Gasteiger partial charge in [-0.25, -0.2) is 5.43 Å². The first-order chi connectivity index (χ1) is 13.8. The standard InChI is InChI=1S/C19H20N4O6/c1-3-29-16-10-13(9-15(17(16)24)23(27)28)11-20-22-19(26)18(25)21-12(2)14-7-5-4-6-8-14/h4-12,24H,3H2,1-2H3,(H,21,25)(H,22,26)/b20-11-/t12-/m0/s1. The lowest BCUT2D eigenvalue weighted by atomic mass is 10.1. The summed E-state index contributed by atoms with van der Waals surface area (Å²) in [7, 11) is 0. The molecule has 2 rings (SSSR count). The Morgan fingerprint density at radius 2 is 1.97 bits per heavy atom. The van der Waals surface area contributed by atoms with Crippen LogP contribution in [0.15, 0.2) is 47.6 Å². The molecule has 0 saturated heterocycles. The number of phenolic OH excluding ortho intramolecular Hbond substituents is 1. The molecule has 0 bridgehead atoms. The van der Waals surface area contributed by atoms with Crippen LogP contribution in [0.3, 0.4) is 0 Å². The Morgan fingerprint density at radius 1 is 1.28 bits per heavy atom. The van der Waals surface area contributed by atoms with Gasteiger partial charge in [0.2, 0.25) is 5.75 Å². The molecule has 0 spiro atoms. The van der Waals surface area contributed by atoms with Crippen molar-refractivity contribution in [1.29, 1.82) is 0 Å². The van der Waals surface area contributed by atoms with E-state index in [4.69, 9.17) is 4.74 Å². The van der Waals surface area contributed by atoms with E-state index in [-0.39, 0.29) is 24.0 Å². The van der Waals surface area contributed by atoms with E-state index in [2.05, 4.69) is 10.4 Å². The summed E-state index contributed by atoms with van der Waals surface area (Å²) < 4.78 is 5.15. The predicted molar refractivity (Wildman–Crippen MR) is 105 cm³/mol. The van der Waals surface area contributed by atoms with Crippen LogP contribution in [-0.2, 0) is 9.59 Å². The highest BCUT2D eigenvalue weighted by Gasteiger charge is 2.20. The largest absolute Gasteiger partial charge is 0.500 e. The molecule has 0 saturated carbocycles. The number of rotatable bonds is 7. The first-order valence-electron chi connectivity index (χ1n) is 8.66. The molecular formula is C19H20N4O6. The van der Waals surface area contributed by atoms with E-state index in [0.717, 1.165) is 17.8 Å². The molecule has 10 nitrogen and oxygen atoms in total. The highest BCUT2D eigenvalue weighted by Crippen LogP contribution is 2.36. The van der Waals surface area contributed by atoms with E-state index in [1.165, 1.54) is 6.07 Å². The number of phenols is 1. The van der Waals surface area contributed by atoms with Gasteiger partial charge >= 0.3 is 17.5 Å². The predicted octanol–water partition coefficient (Wildman–Crippen LogP) is 2.03. The Morgan fingerprint density at radius 3 is 2.59 bits per heavy atom. The van der Waals surface area contributed by atoms with Gasteiger partial charge in [0.05, 0.1) is 23.8 Å². The fourth-order valence-electron chi connectivity index (χ4n) is 2.40. The Kier molecular flexibility index (Phi) is 7.24. The number of hydrazone groups is 1. The number of carbonyl (C=O) groups excluding carboxylic acids is 2. The van der Waals surface area contributed by atoms with Crippen molar-refractivity contribution in [3.63, 3.8) is 0 Å². The van der Waals surface area contributed by atoms with E-state index >= 15 is 0 Å². The molecule has 0 unspecified atom stereocenters. The minimum absolute atomic E-state index is 0.0936. The molecule has 0 aromatic heterocycles. The second-order valence-corrected chi connectivity index (χ2v) is 5.88. The lowest BCUT2D eigenvalue weighted by molar-refractivity contribution is -0.386. The zero-order valence-electron chi connectivity index (χ0n) is 15.8. The Hall–Kier alpha value is -3.95. The zero-order valence-corrected chi connectivity index (χ0v) is 15.8. The highest BCUT2D eigenvalue weighted by molar-refractivity contribution is 6.35. The number of hydrogen-bond acceptors (Lipinski definition) is 7. The van der Waals surface area contributed by atoms with Crippen molar-refractivity contribution >= 4 is 23.7 Å². The number of carbonyl (C=O) groups is 2. The number of nitro benzene ring substituents is 1. The molecule has 0 fully saturated rings. The van der Waals surface area contributed by atoms with E-state index in [9.17, 15) is 24.8 Å². The smallest absolute Gasteiger partial charge is 0.329 e. The summed E-state index contributed by atoms with van der Waals surface area (Å²) in [4.78, 5) is 34.1. The highest BCUT2D eigenvalue weighted by atomic mass is 16.6. The van der Waals surface area contributed by atoms with Crippen molar-refractivity contribution in [1.82, 2.24) is 10.7 Å². The molecule has 10 heteroatoms. The van der Waals surface area contributed by atoms with Crippen LogP contribution < -0.4 is 15.5 Å². The maximum absolute atomic E-state index is 12.0. The molecule has 0 heterocycles. The van der Waals surface area contributed by atoms with Crippen LogP contribution in [0.2, 0.25) is 0 Å². The quantitative estimate of drug-likeness (QED) is 0.281. The third kappa shape index (κ3) is 5.76. The molecule has 0 aliphatic rings. The van der Waals surface area contributed by atoms with Gasteiger partial charge in [-0.15, -0.1) is 0 Å². The SMILES string of the molecule is CCOc1cc(/C=N\NC(=O)C(=O)N[C@@H](C)c2ccccc2)cc([N+](=O)[O-])c1O. The molecule has 0 radical (unpaired) electrons. The molecule has 2 aromatic rings. The molecule has 3 N–H and O–H groups in total. The van der Waals surface area contributed by atoms with Crippen molar-refractivity contribution in [2.24, 2.45) is 5.10 Å². The topological polar surface area (TPSA) is 143 Å². The Labute approximate surface area is 166 Å². The number of nitrogens with one attached hydrogen (secondary N) is 2. The molecule has 1 atom stereocenters. The molecule has 2 amide bonds. The maximum atomic E-state index is 12.0. The third-order valence-corrected chi connectivity index (χ3v) is 3.81. The normalized spacial score (nSPS) is 11.7. The van der Waals surface area contributed by atoms with E-state index in [0.29, 0.717) is 0 Å². The van der Waals surface area contributed by atoms with Gasteiger partial charge in [0, 0.05) is 11.6 Å². The number of nitro groups is 1. The molecule has 29 heavy (non-hydrogen) atoms. The maximum Gasteiger partial charge on any atom is 0.329 e. The van der Waals surface area contributed by atoms with Crippen molar-refractivity contribution < 1.29 is 24.4 Å². The van der Waals surface area contributed by atoms with Gasteiger partial charge in [0.25, 0.3) is 0 Å². The van der Waals surface area contributed by atoms with Gasteiger partial charge in [-0.3, -0.25) is 19.7 Å². The van der Waals surface area contributed by atoms with Crippen LogP contribution >= 0.6 is 0 Å². The average Bonchev–Trinajstić information content (AvgIpc) is 2.70. The fraction of sp³-hybridized carbons (Fsp3) is 0.211. The second kappa shape index (κ2) is 9.83. The van der Waals surface area contributed by atoms with Crippen LogP contribution in [-0.4, -0.2) is 34.7 Å². The lowest BCUT2D eigenvalue weighted by Crippen LogP contribution is -2.39. The van der Waals surface area contributed by atoms with Crippen LogP contribution in [0, 0.1) is 10.1 Å². The number of hydrogen-bond donors (Lipinski definition) is 3. The van der Waals surface area contributed by atoms with Crippen molar-refractivity contribution in [2.75, 3.05) is 6.61 Å². The first kappa shape index (κ1) is 21.4. The molecule has 0 aliphatic heterocycles. The monoisotopic (exact) mass is 400 g/mol. The summed E-state index contributed by atoms with van der Waals surface area (Å²) in [5.41, 5.74) is 2.50. The molecule has 152 valence electrons. The van der Waals surface area contributed by atoms with Crippen LogP contribution in [0.4, 0.5) is 5.69 Å². The first-order valence-corrected chi connectivity index (χ1v) is 8.66. The van der Waals surface area contributed by atoms with E-state index < -0.39 is 28.2 Å². The summed E-state index contributed by atoms with van der Waals surface area (Å²) in [6.45, 7) is 3.57. The van der Waals surface area contributed by atoms with Crippen molar-refractivity contribution in [3.05, 3.63) is 63.7 Å². The minimum atomic E-state index is -0.998. The summed E-state index contributed by atoms with van der Waals surface area (Å²) in [6, 6.07) is 11.1. The van der Waals surface area contributed by atoms with Gasteiger partial charge < -0.3 is 15.2 Å². The molecule has 0 aliphatic carbocycles. The third-order valence-electron chi connectivity index (χ3n) is 3.81. The van der Waals surface area contributed by atoms with Crippen molar-refractivity contribution in [2.45, 2.75) is 19.9 Å². The Bertz CT molecular complexity index is 930. The molecular weight excluding hydrogens is 380 g/mol. The van der Waals surface area contributed by atoms with E-state index in [1.54, 1.807) is 13.8 Å². The van der Waals surface area contributed by atoms with Gasteiger partial charge in [-0.05, 0) is 25.5 Å². The summed E-state index contributed by atoms with van der Waals surface area (Å²) >= 11 is 0. The Balaban J connectivity index is 2.04. The average molecular weight is 400 g/mol. The summed E-state index contributed by atoms with van der Waals surface area (Å²) in [5, 5.41) is 27.1. The summed E-state index contributed by atoms with van der Waals surface area (Å²) in [5.74, 6) is -2.58. The van der Waals surface area contributed by atoms with Gasteiger partial charge in [0.15, 0.2) is 5.75 Å². The molecule has 2 aromatic carbocycles. The lowest BCUT2D eigenvalue weighted by Gasteiger charge is -2.13. The number of aromatic hydroxyl groups is 1. The van der Waals surface area contributed by atoms with Crippen LogP contribution in [0.25, 0.3) is 0 Å². The van der Waals surface area contributed by atoms with E-state index in [1.807, 2.05) is 35.8 Å². The zero-order chi connectivity index (χ0) is 21.4. The number of benzene rings is 2. The number of nitrogens with zero attached hydrogens (tertiary/aromatic N) is 2. The van der Waals surface area contributed by atoms with Gasteiger partial charge in [-0.1, -0.05) is 30.3 Å². The number of amides is 2. The summed E-state index contributed by atoms with van der Waals surface area (Å²) in [6.07, 6.45) is 1.10. The second-order valence-electron chi connectivity index (χ2n) is 5.88. The number of ether oxygens (including phenoxy) is 1. The van der Waals surface area contributed by atoms with Gasteiger partial charge in [0.1, 0.15) is 0 Å². The van der Waals surface area contributed by atoms with Gasteiger partial charge in [-0.2, -0.15) is 5.10 Å². The minimum Gasteiger partial charge on any atom is -0.500 e. The van der Waals surface area contributed by atoms with Crippen LogP contribution in [0.5, 0.6) is 11.5 Å². The van der Waals surface area contributed by atoms with Crippen LogP contribution in [0.1, 0.15) is 31.0 Å². The fourth-order valence-corrected chi connectivity index (χ4v) is 2.40. The van der Waals surface area contributed by atoms with Crippen molar-refractivity contribution in [3.8, 4) is 11.5 Å².